The molecule has 3 fully saturated rings. The van der Waals surface area contributed by atoms with E-state index in [2.05, 4.69) is 27.7 Å². The van der Waals surface area contributed by atoms with E-state index >= 15 is 0 Å². The quantitative estimate of drug-likeness (QED) is 0.387. The molecule has 4 heteroatoms. The molecule has 0 radical (unpaired) electrons. The SMILES string of the molecule is CC1=C(C(F)(F)F)CC(C2CCC(C)CC2)CC1.CC1CCC(C2CCC(C)C(C)(O)C2)CC1. The van der Waals surface area contributed by atoms with Crippen LogP contribution < -0.4 is 0 Å². The van der Waals surface area contributed by atoms with Gasteiger partial charge in [-0.1, -0.05) is 52.0 Å². The van der Waals surface area contributed by atoms with E-state index in [0.29, 0.717) is 23.8 Å². The van der Waals surface area contributed by atoms with Gasteiger partial charge in [0.15, 0.2) is 0 Å². The van der Waals surface area contributed by atoms with Crippen molar-refractivity contribution in [3.05, 3.63) is 11.1 Å². The Morgan fingerprint density at radius 2 is 1.18 bits per heavy atom. The van der Waals surface area contributed by atoms with Crippen molar-refractivity contribution in [3.63, 3.8) is 0 Å². The van der Waals surface area contributed by atoms with Crippen molar-refractivity contribution in [1.82, 2.24) is 0 Å². The summed E-state index contributed by atoms with van der Waals surface area (Å²) in [6.45, 7) is 10.5. The number of hydrogen-bond donors (Lipinski definition) is 1. The lowest BCUT2D eigenvalue weighted by Crippen LogP contribution is -2.41. The van der Waals surface area contributed by atoms with Crippen molar-refractivity contribution >= 4 is 0 Å². The lowest BCUT2D eigenvalue weighted by Gasteiger charge is -2.43. The van der Waals surface area contributed by atoms with E-state index in [4.69, 9.17) is 0 Å². The van der Waals surface area contributed by atoms with E-state index in [1.165, 1.54) is 51.4 Å². The number of hydrogen-bond acceptors (Lipinski definition) is 1. The highest BCUT2D eigenvalue weighted by atomic mass is 19.4. The Kier molecular flexibility index (Phi) is 9.65. The summed E-state index contributed by atoms with van der Waals surface area (Å²) in [5.41, 5.74) is -0.0493. The highest BCUT2D eigenvalue weighted by molar-refractivity contribution is 5.21. The molecular weight excluding hydrogens is 433 g/mol. The van der Waals surface area contributed by atoms with Gasteiger partial charge in [0, 0.05) is 5.57 Å². The number of aliphatic hydroxyl groups is 1. The van der Waals surface area contributed by atoms with Gasteiger partial charge in [-0.05, 0) is 119 Å². The first-order valence-corrected chi connectivity index (χ1v) is 14.3. The Morgan fingerprint density at radius 1 is 0.706 bits per heavy atom. The fourth-order valence-electron chi connectivity index (χ4n) is 7.38. The standard InChI is InChI=1S/C15H23F3.C15H28O/c1-10-3-6-12(7-4-10)13-8-5-11(2)14(9-13)15(16,17)18;1-11-4-7-13(8-5-11)14-9-6-12(2)15(3,16)10-14/h10,12-13H,3-9H2,1-2H3;11-14,16H,4-10H2,1-3H3. The first-order valence-electron chi connectivity index (χ1n) is 14.3. The van der Waals surface area contributed by atoms with Gasteiger partial charge in [-0.3, -0.25) is 0 Å². The van der Waals surface area contributed by atoms with E-state index in [-0.39, 0.29) is 17.9 Å². The van der Waals surface area contributed by atoms with Crippen LogP contribution in [-0.2, 0) is 0 Å². The summed E-state index contributed by atoms with van der Waals surface area (Å²) in [4.78, 5) is 0. The van der Waals surface area contributed by atoms with Gasteiger partial charge in [-0.15, -0.1) is 0 Å². The fraction of sp³-hybridized carbons (Fsp3) is 0.933. The minimum atomic E-state index is -4.11. The molecule has 4 aliphatic rings. The molecule has 4 unspecified atom stereocenters. The summed E-state index contributed by atoms with van der Waals surface area (Å²) in [6, 6.07) is 0. The van der Waals surface area contributed by atoms with Gasteiger partial charge in [0.25, 0.3) is 0 Å². The Bertz CT molecular complexity index is 663. The monoisotopic (exact) mass is 484 g/mol. The Morgan fingerprint density at radius 3 is 1.65 bits per heavy atom. The van der Waals surface area contributed by atoms with E-state index in [1.54, 1.807) is 6.92 Å². The first kappa shape index (κ1) is 28.1. The molecule has 3 saturated carbocycles. The molecule has 4 rings (SSSR count). The summed E-state index contributed by atoms with van der Waals surface area (Å²) < 4.78 is 38.8. The zero-order valence-corrected chi connectivity index (χ0v) is 22.5. The van der Waals surface area contributed by atoms with Crippen LogP contribution in [0.3, 0.4) is 0 Å². The zero-order valence-electron chi connectivity index (χ0n) is 22.5. The second-order valence-electron chi connectivity index (χ2n) is 13.1. The molecule has 0 heterocycles. The van der Waals surface area contributed by atoms with Gasteiger partial charge in [0.2, 0.25) is 0 Å². The van der Waals surface area contributed by atoms with Gasteiger partial charge in [0.05, 0.1) is 5.60 Å². The predicted molar refractivity (Wildman–Crippen MR) is 135 cm³/mol. The molecule has 0 aliphatic heterocycles. The van der Waals surface area contributed by atoms with Crippen LogP contribution in [0.5, 0.6) is 0 Å². The van der Waals surface area contributed by atoms with Crippen LogP contribution in [-0.4, -0.2) is 16.9 Å². The second-order valence-corrected chi connectivity index (χ2v) is 13.1. The van der Waals surface area contributed by atoms with E-state index in [1.807, 2.05) is 0 Å². The zero-order chi connectivity index (χ0) is 25.1. The molecular formula is C30H51F3O. The molecule has 1 N–H and O–H groups in total. The topological polar surface area (TPSA) is 20.2 Å². The number of alkyl halides is 3. The molecule has 0 spiro atoms. The Labute approximate surface area is 207 Å². The van der Waals surface area contributed by atoms with Gasteiger partial charge in [-0.2, -0.15) is 13.2 Å². The molecule has 4 atom stereocenters. The predicted octanol–water partition coefficient (Wildman–Crippen LogP) is 9.49. The van der Waals surface area contributed by atoms with Crippen LogP contribution in [0.1, 0.15) is 125 Å². The van der Waals surface area contributed by atoms with Crippen LogP contribution in [0.25, 0.3) is 0 Å². The number of allylic oxidation sites excluding steroid dienone is 2. The minimum Gasteiger partial charge on any atom is -0.390 e. The Balaban J connectivity index is 0.000000192. The average Bonchev–Trinajstić information content (AvgIpc) is 2.77. The molecule has 0 amide bonds. The highest BCUT2D eigenvalue weighted by Gasteiger charge is 2.41. The summed E-state index contributed by atoms with van der Waals surface area (Å²) in [5.74, 6) is 4.73. The van der Waals surface area contributed by atoms with Crippen molar-refractivity contribution in [2.45, 2.75) is 136 Å². The first-order chi connectivity index (χ1) is 15.9. The molecule has 0 aromatic heterocycles. The summed E-state index contributed by atoms with van der Waals surface area (Å²) >= 11 is 0. The fourth-order valence-corrected chi connectivity index (χ4v) is 7.38. The number of halogens is 3. The van der Waals surface area contributed by atoms with Gasteiger partial charge >= 0.3 is 6.18 Å². The maximum atomic E-state index is 12.9. The van der Waals surface area contributed by atoms with Crippen LogP contribution >= 0.6 is 0 Å². The third-order valence-electron chi connectivity index (χ3n) is 10.4. The van der Waals surface area contributed by atoms with Gasteiger partial charge in [-0.25, -0.2) is 0 Å². The van der Waals surface area contributed by atoms with Crippen LogP contribution in [0.15, 0.2) is 11.1 Å². The third-order valence-corrected chi connectivity index (χ3v) is 10.4. The molecule has 34 heavy (non-hydrogen) atoms. The molecule has 4 aliphatic carbocycles. The van der Waals surface area contributed by atoms with Gasteiger partial charge in [0.1, 0.15) is 0 Å². The summed E-state index contributed by atoms with van der Waals surface area (Å²) in [7, 11) is 0. The normalized spacial score (nSPS) is 42.1. The Hall–Kier alpha value is -0.510. The van der Waals surface area contributed by atoms with Crippen LogP contribution in [0, 0.1) is 41.4 Å². The van der Waals surface area contributed by atoms with E-state index in [9.17, 15) is 18.3 Å². The maximum Gasteiger partial charge on any atom is 0.412 e. The molecule has 1 nitrogen and oxygen atoms in total. The largest absolute Gasteiger partial charge is 0.412 e. The molecule has 0 aromatic rings. The van der Waals surface area contributed by atoms with E-state index < -0.39 is 11.8 Å². The van der Waals surface area contributed by atoms with Crippen molar-refractivity contribution in [1.29, 1.82) is 0 Å². The number of rotatable bonds is 2. The van der Waals surface area contributed by atoms with Gasteiger partial charge < -0.3 is 5.11 Å². The van der Waals surface area contributed by atoms with E-state index in [0.717, 1.165) is 49.4 Å². The highest BCUT2D eigenvalue weighted by Crippen LogP contribution is 2.46. The molecule has 198 valence electrons. The van der Waals surface area contributed by atoms with Crippen molar-refractivity contribution < 1.29 is 18.3 Å². The average molecular weight is 485 g/mol. The smallest absolute Gasteiger partial charge is 0.390 e. The summed E-state index contributed by atoms with van der Waals surface area (Å²) in [6.07, 6.45) is 11.7. The summed E-state index contributed by atoms with van der Waals surface area (Å²) in [5, 5.41) is 10.4. The lowest BCUT2D eigenvalue weighted by molar-refractivity contribution is -0.0985. The van der Waals surface area contributed by atoms with Crippen molar-refractivity contribution in [2.24, 2.45) is 41.4 Å². The molecule has 0 saturated heterocycles. The third kappa shape index (κ3) is 7.50. The van der Waals surface area contributed by atoms with Crippen LogP contribution in [0.4, 0.5) is 13.2 Å². The maximum absolute atomic E-state index is 12.9. The molecule has 0 bridgehead atoms. The van der Waals surface area contributed by atoms with Crippen LogP contribution in [0.2, 0.25) is 0 Å². The van der Waals surface area contributed by atoms with Crippen molar-refractivity contribution in [2.75, 3.05) is 0 Å². The minimum absolute atomic E-state index is 0.225. The molecule has 0 aromatic carbocycles. The lowest BCUT2D eigenvalue weighted by atomic mass is 9.65. The second kappa shape index (κ2) is 11.7. The van der Waals surface area contributed by atoms with Crippen molar-refractivity contribution in [3.8, 4) is 0 Å².